The molecule has 0 aliphatic carbocycles. The molecule has 0 amide bonds. The summed E-state index contributed by atoms with van der Waals surface area (Å²) in [6, 6.07) is 7.13. The molecular weight excluding hydrogens is 384 g/mol. The molecule has 148 valence electrons. The van der Waals surface area contributed by atoms with Gasteiger partial charge in [-0.05, 0) is 35.4 Å². The first kappa shape index (κ1) is 21.0. The number of nitro benzene ring substituents is 2. The van der Waals surface area contributed by atoms with Crippen molar-refractivity contribution in [2.75, 3.05) is 0 Å². The third-order valence-corrected chi connectivity index (χ3v) is 3.66. The Morgan fingerprint density at radius 2 is 1.17 bits per heavy atom. The highest BCUT2D eigenvalue weighted by atomic mass is 16.6. The lowest BCUT2D eigenvalue weighted by Crippen LogP contribution is -2.02. The number of nitrogens with zero attached hydrogens (tertiary/aromatic N) is 2. The Hall–Kier alpha value is -4.34. The summed E-state index contributed by atoms with van der Waals surface area (Å²) in [5.41, 5.74) is -0.437. The fourth-order valence-corrected chi connectivity index (χ4v) is 2.25. The molecule has 0 atom stereocenters. The second-order valence-corrected chi connectivity index (χ2v) is 5.79. The largest absolute Gasteiger partial charge is 0.502 e. The standard InChI is InChI=1S/C19H14N2O8/c22-14(5-1-12-3-7-18(24)16(9-12)20(26)27)11-15(23)6-2-13-4-8-19(25)17(10-13)21(28)29/h1-10,24-25H,11H2/b5-1+,6-2+. The zero-order chi connectivity index (χ0) is 21.6. The van der Waals surface area contributed by atoms with Crippen LogP contribution in [-0.2, 0) is 9.59 Å². The van der Waals surface area contributed by atoms with E-state index in [1.807, 2.05) is 0 Å². The number of nitro groups is 2. The highest BCUT2D eigenvalue weighted by Crippen LogP contribution is 2.27. The van der Waals surface area contributed by atoms with Crippen LogP contribution in [-0.4, -0.2) is 31.6 Å². The van der Waals surface area contributed by atoms with Gasteiger partial charge in [-0.15, -0.1) is 0 Å². The molecule has 0 spiro atoms. The van der Waals surface area contributed by atoms with Gasteiger partial charge in [-0.25, -0.2) is 0 Å². The number of phenols is 2. The van der Waals surface area contributed by atoms with Crippen LogP contribution in [0.1, 0.15) is 17.5 Å². The predicted molar refractivity (Wildman–Crippen MR) is 102 cm³/mol. The molecule has 2 N–H and O–H groups in total. The van der Waals surface area contributed by atoms with Gasteiger partial charge in [0.1, 0.15) is 0 Å². The summed E-state index contributed by atoms with van der Waals surface area (Å²) in [6.45, 7) is 0. The number of carbonyl (C=O) groups is 2. The molecule has 29 heavy (non-hydrogen) atoms. The minimum absolute atomic E-state index is 0.294. The highest BCUT2D eigenvalue weighted by molar-refractivity contribution is 6.10. The lowest BCUT2D eigenvalue weighted by molar-refractivity contribution is -0.386. The lowest BCUT2D eigenvalue weighted by atomic mass is 10.1. The molecule has 2 rings (SSSR count). The molecule has 0 bridgehead atoms. The first-order valence-electron chi connectivity index (χ1n) is 8.04. The maximum Gasteiger partial charge on any atom is 0.311 e. The van der Waals surface area contributed by atoms with Crippen molar-refractivity contribution in [2.45, 2.75) is 6.42 Å². The van der Waals surface area contributed by atoms with Gasteiger partial charge < -0.3 is 10.2 Å². The summed E-state index contributed by atoms with van der Waals surface area (Å²) >= 11 is 0. The maximum atomic E-state index is 11.9. The Kier molecular flexibility index (Phi) is 6.54. The van der Waals surface area contributed by atoms with Gasteiger partial charge in [0, 0.05) is 12.1 Å². The van der Waals surface area contributed by atoms with Crippen molar-refractivity contribution >= 4 is 35.1 Å². The number of allylic oxidation sites excluding steroid dienone is 2. The third-order valence-electron chi connectivity index (χ3n) is 3.66. The van der Waals surface area contributed by atoms with Crippen LogP contribution in [0.15, 0.2) is 48.6 Å². The van der Waals surface area contributed by atoms with Crippen LogP contribution in [0, 0.1) is 20.2 Å². The number of benzene rings is 2. The van der Waals surface area contributed by atoms with Gasteiger partial charge in [0.25, 0.3) is 0 Å². The monoisotopic (exact) mass is 398 g/mol. The van der Waals surface area contributed by atoms with E-state index in [4.69, 9.17) is 0 Å². The van der Waals surface area contributed by atoms with E-state index in [-0.39, 0.29) is 0 Å². The predicted octanol–water partition coefficient (Wildman–Crippen LogP) is 3.17. The normalized spacial score (nSPS) is 11.0. The number of phenolic OH excluding ortho intramolecular Hbond substituents is 2. The zero-order valence-corrected chi connectivity index (χ0v) is 14.7. The summed E-state index contributed by atoms with van der Waals surface area (Å²) in [5, 5.41) is 40.3. The molecule has 10 heteroatoms. The molecule has 10 nitrogen and oxygen atoms in total. The van der Waals surface area contributed by atoms with Crippen molar-refractivity contribution in [3.05, 3.63) is 79.9 Å². The van der Waals surface area contributed by atoms with Crippen molar-refractivity contribution in [2.24, 2.45) is 0 Å². The van der Waals surface area contributed by atoms with Crippen molar-refractivity contribution in [1.82, 2.24) is 0 Å². The minimum atomic E-state index is -0.767. The van der Waals surface area contributed by atoms with Crippen LogP contribution in [0.4, 0.5) is 11.4 Å². The van der Waals surface area contributed by atoms with E-state index in [9.17, 15) is 40.0 Å². The van der Waals surface area contributed by atoms with Crippen LogP contribution in [0.2, 0.25) is 0 Å². The van der Waals surface area contributed by atoms with Gasteiger partial charge in [-0.3, -0.25) is 29.8 Å². The smallest absolute Gasteiger partial charge is 0.311 e. The Labute approximate surface area is 163 Å². The first-order valence-corrected chi connectivity index (χ1v) is 8.04. The molecule has 0 saturated carbocycles. The van der Waals surface area contributed by atoms with Gasteiger partial charge in [0.05, 0.1) is 16.3 Å². The molecule has 0 aromatic heterocycles. The van der Waals surface area contributed by atoms with Crippen LogP contribution >= 0.6 is 0 Å². The van der Waals surface area contributed by atoms with E-state index in [1.165, 1.54) is 24.3 Å². The molecule has 0 saturated heterocycles. The van der Waals surface area contributed by atoms with Crippen molar-refractivity contribution in [1.29, 1.82) is 0 Å². The third kappa shape index (κ3) is 5.82. The molecular formula is C19H14N2O8. The molecule has 0 fully saturated rings. The van der Waals surface area contributed by atoms with E-state index < -0.39 is 50.7 Å². The van der Waals surface area contributed by atoms with Gasteiger partial charge in [-0.2, -0.15) is 0 Å². The molecule has 0 heterocycles. The number of hydrogen-bond acceptors (Lipinski definition) is 8. The summed E-state index contributed by atoms with van der Waals surface area (Å²) in [7, 11) is 0. The van der Waals surface area contributed by atoms with Crippen LogP contribution in [0.25, 0.3) is 12.2 Å². The quantitative estimate of drug-likeness (QED) is 0.296. The Bertz CT molecular complexity index is 973. The van der Waals surface area contributed by atoms with Crippen LogP contribution < -0.4 is 0 Å². The number of aromatic hydroxyl groups is 2. The van der Waals surface area contributed by atoms with Crippen molar-refractivity contribution in [3.8, 4) is 11.5 Å². The summed E-state index contributed by atoms with van der Waals surface area (Å²) in [5.74, 6) is -2.14. The van der Waals surface area contributed by atoms with E-state index in [0.29, 0.717) is 11.1 Å². The lowest BCUT2D eigenvalue weighted by Gasteiger charge is -1.98. The van der Waals surface area contributed by atoms with Gasteiger partial charge in [-0.1, -0.05) is 24.3 Å². The van der Waals surface area contributed by atoms with Crippen molar-refractivity contribution < 1.29 is 29.6 Å². The number of ketones is 2. The Balaban J connectivity index is 2.01. The van der Waals surface area contributed by atoms with Crippen LogP contribution in [0.5, 0.6) is 11.5 Å². The summed E-state index contributed by atoms with van der Waals surface area (Å²) in [4.78, 5) is 43.7. The van der Waals surface area contributed by atoms with E-state index in [0.717, 1.165) is 36.4 Å². The SMILES string of the molecule is O=C(/C=C/c1ccc(O)c([N+](=O)[O-])c1)CC(=O)/C=C/c1ccc(O)c([N+](=O)[O-])c1. The molecule has 2 aromatic carbocycles. The van der Waals surface area contributed by atoms with Gasteiger partial charge >= 0.3 is 11.4 Å². The first-order chi connectivity index (χ1) is 13.7. The maximum absolute atomic E-state index is 11.9. The number of hydrogen-bond donors (Lipinski definition) is 2. The van der Waals surface area contributed by atoms with E-state index in [1.54, 1.807) is 0 Å². The number of carbonyl (C=O) groups excluding carboxylic acids is 2. The van der Waals surface area contributed by atoms with E-state index >= 15 is 0 Å². The molecule has 0 radical (unpaired) electrons. The van der Waals surface area contributed by atoms with Crippen molar-refractivity contribution in [3.63, 3.8) is 0 Å². The molecule has 0 aliphatic heterocycles. The second-order valence-electron chi connectivity index (χ2n) is 5.79. The second kappa shape index (κ2) is 9.04. The van der Waals surface area contributed by atoms with Crippen LogP contribution in [0.3, 0.4) is 0 Å². The Morgan fingerprint density at radius 3 is 1.52 bits per heavy atom. The molecule has 2 aromatic rings. The average molecular weight is 398 g/mol. The fraction of sp³-hybridized carbons (Fsp3) is 0.0526. The van der Waals surface area contributed by atoms with Gasteiger partial charge in [0.15, 0.2) is 23.1 Å². The minimum Gasteiger partial charge on any atom is -0.502 e. The van der Waals surface area contributed by atoms with E-state index in [2.05, 4.69) is 0 Å². The fourth-order valence-electron chi connectivity index (χ4n) is 2.25. The molecule has 0 unspecified atom stereocenters. The average Bonchev–Trinajstić information content (AvgIpc) is 2.66. The zero-order valence-electron chi connectivity index (χ0n) is 14.7. The number of rotatable bonds is 8. The topological polar surface area (TPSA) is 161 Å². The molecule has 0 aliphatic rings. The summed E-state index contributed by atoms with van der Waals surface area (Å²) in [6.07, 6.45) is 4.22. The summed E-state index contributed by atoms with van der Waals surface area (Å²) < 4.78 is 0. The Morgan fingerprint density at radius 1 is 0.793 bits per heavy atom. The van der Waals surface area contributed by atoms with Gasteiger partial charge in [0.2, 0.25) is 0 Å². The highest BCUT2D eigenvalue weighted by Gasteiger charge is 2.14.